The van der Waals surface area contributed by atoms with Crippen molar-refractivity contribution in [3.8, 4) is 11.6 Å². The van der Waals surface area contributed by atoms with Gasteiger partial charge in [0.25, 0.3) is 0 Å². The van der Waals surface area contributed by atoms with Crippen LogP contribution < -0.4 is 4.74 Å². The number of fused-ring (bicyclic) bond motifs is 1. The normalized spacial score (nSPS) is 11.3. The van der Waals surface area contributed by atoms with Crippen LogP contribution in [-0.4, -0.2) is 22.2 Å². The van der Waals surface area contributed by atoms with Gasteiger partial charge >= 0.3 is 5.91 Å². The number of aromatic nitrogens is 1. The summed E-state index contributed by atoms with van der Waals surface area (Å²) in [5.74, 6) is -0.0203. The number of carbonyl (C=O) groups is 1. The Kier molecular flexibility index (Phi) is 6.58. The van der Waals surface area contributed by atoms with Crippen LogP contribution in [0, 0.1) is 6.92 Å². The number of nitrogens with zero attached hydrogens (tertiary/aromatic N) is 3. The summed E-state index contributed by atoms with van der Waals surface area (Å²) in [6.45, 7) is 2.05. The van der Waals surface area contributed by atoms with Crippen molar-refractivity contribution in [1.29, 1.82) is 0 Å². The highest BCUT2D eigenvalue weighted by Gasteiger charge is 2.18. The third-order valence-corrected chi connectivity index (χ3v) is 5.68. The molecule has 0 spiro atoms. The number of azo groups is 1. The van der Waals surface area contributed by atoms with E-state index in [-0.39, 0.29) is 18.2 Å². The van der Waals surface area contributed by atoms with Gasteiger partial charge in [0, 0.05) is 14.9 Å². The molecule has 0 bridgehead atoms. The van der Waals surface area contributed by atoms with Crippen LogP contribution in [0.4, 0.5) is 5.69 Å². The highest BCUT2D eigenvalue weighted by atomic mass is 79.9. The molecule has 1 heterocycles. The van der Waals surface area contributed by atoms with Crippen molar-refractivity contribution >= 4 is 50.0 Å². The molecule has 0 aliphatic heterocycles. The van der Waals surface area contributed by atoms with E-state index in [9.17, 15) is 9.90 Å². The predicted molar refractivity (Wildman–Crippen MR) is 128 cm³/mol. The summed E-state index contributed by atoms with van der Waals surface area (Å²) < 4.78 is 8.06. The lowest BCUT2D eigenvalue weighted by Gasteiger charge is -2.07. The fourth-order valence-corrected chi connectivity index (χ4v) is 3.81. The van der Waals surface area contributed by atoms with Crippen LogP contribution in [0.2, 0.25) is 5.02 Å². The van der Waals surface area contributed by atoms with E-state index in [1.165, 1.54) is 0 Å². The van der Waals surface area contributed by atoms with Gasteiger partial charge in [-0.05, 0) is 54.4 Å². The molecular formula is C24H19BrClN3O3. The Morgan fingerprint density at radius 3 is 2.62 bits per heavy atom. The number of aryl methyl sites for hydroxylation is 1. The van der Waals surface area contributed by atoms with E-state index < -0.39 is 5.91 Å². The molecule has 0 saturated heterocycles. The maximum absolute atomic E-state index is 12.2. The second kappa shape index (κ2) is 9.54. The Morgan fingerprint density at radius 2 is 1.88 bits per heavy atom. The number of para-hydroxylation sites is 1. The number of rotatable bonds is 6. The van der Waals surface area contributed by atoms with Gasteiger partial charge in [-0.25, -0.2) is 0 Å². The number of aromatic hydroxyl groups is 1. The lowest BCUT2D eigenvalue weighted by atomic mass is 10.2. The lowest BCUT2D eigenvalue weighted by Crippen LogP contribution is -2.08. The van der Waals surface area contributed by atoms with Crippen LogP contribution in [0.5, 0.6) is 11.6 Å². The van der Waals surface area contributed by atoms with Crippen molar-refractivity contribution in [2.45, 2.75) is 13.5 Å². The zero-order valence-corrected chi connectivity index (χ0v) is 19.5. The molecule has 0 saturated carbocycles. The summed E-state index contributed by atoms with van der Waals surface area (Å²) in [5.41, 5.74) is 2.86. The van der Waals surface area contributed by atoms with Gasteiger partial charge in [0.15, 0.2) is 12.3 Å². The molecule has 3 aromatic carbocycles. The van der Waals surface area contributed by atoms with E-state index in [1.54, 1.807) is 22.8 Å². The van der Waals surface area contributed by atoms with Crippen LogP contribution in [0.25, 0.3) is 10.9 Å². The van der Waals surface area contributed by atoms with Gasteiger partial charge in [0.1, 0.15) is 5.75 Å². The second-order valence-electron chi connectivity index (χ2n) is 7.19. The average Bonchev–Trinajstić information content (AvgIpc) is 3.03. The minimum atomic E-state index is -0.554. The molecule has 8 heteroatoms. The van der Waals surface area contributed by atoms with Crippen LogP contribution in [-0.2, 0) is 11.3 Å². The molecule has 0 fully saturated rings. The first kappa shape index (κ1) is 22.0. The first-order chi connectivity index (χ1) is 15.4. The maximum atomic E-state index is 12.2. The minimum absolute atomic E-state index is 0.0792. The summed E-state index contributed by atoms with van der Waals surface area (Å²) in [6.07, 6.45) is 0. The summed E-state index contributed by atoms with van der Waals surface area (Å²) in [5, 5.41) is 20.0. The predicted octanol–water partition coefficient (Wildman–Crippen LogP) is 6.81. The van der Waals surface area contributed by atoms with Gasteiger partial charge in [-0.1, -0.05) is 57.9 Å². The average molecular weight is 513 g/mol. The van der Waals surface area contributed by atoms with Crippen molar-refractivity contribution in [3.63, 3.8) is 0 Å². The first-order valence-corrected chi connectivity index (χ1v) is 11.0. The Labute approximate surface area is 198 Å². The Bertz CT molecular complexity index is 1320. The fourth-order valence-electron chi connectivity index (χ4n) is 3.32. The van der Waals surface area contributed by atoms with Crippen molar-refractivity contribution < 1.29 is 14.6 Å². The van der Waals surface area contributed by atoms with Gasteiger partial charge < -0.3 is 14.4 Å². The molecule has 0 radical (unpaired) electrons. The van der Waals surface area contributed by atoms with Crippen molar-refractivity contribution in [3.05, 3.63) is 87.4 Å². The largest absolute Gasteiger partial charge is 0.493 e. The molecule has 32 heavy (non-hydrogen) atoms. The van der Waals surface area contributed by atoms with Gasteiger partial charge in [-0.3, -0.25) is 4.79 Å². The quantitative estimate of drug-likeness (QED) is 0.288. The highest BCUT2D eigenvalue weighted by molar-refractivity contribution is 9.10. The smallest absolute Gasteiger partial charge is 0.302 e. The van der Waals surface area contributed by atoms with Crippen LogP contribution in [0.3, 0.4) is 0 Å². The van der Waals surface area contributed by atoms with E-state index in [1.807, 2.05) is 55.5 Å². The molecule has 1 aromatic heterocycles. The summed E-state index contributed by atoms with van der Waals surface area (Å²) in [7, 11) is 0. The molecule has 4 aromatic rings. The Hall–Kier alpha value is -3.16. The topological polar surface area (TPSA) is 76.2 Å². The van der Waals surface area contributed by atoms with Gasteiger partial charge in [-0.15, -0.1) is 10.2 Å². The SMILES string of the molecule is Cc1ccccc1OCC(=O)N=Nc1c(O)n(Cc2ccc(Cl)cc2)c2ccc(Br)cc12. The van der Waals surface area contributed by atoms with Crippen molar-refractivity contribution in [1.82, 2.24) is 4.57 Å². The number of hydrogen-bond donors (Lipinski definition) is 1. The number of benzene rings is 3. The molecule has 6 nitrogen and oxygen atoms in total. The van der Waals surface area contributed by atoms with Crippen LogP contribution in [0.1, 0.15) is 11.1 Å². The number of carbonyl (C=O) groups excluding carboxylic acids is 1. The van der Waals surface area contributed by atoms with E-state index in [4.69, 9.17) is 16.3 Å². The molecule has 0 atom stereocenters. The second-order valence-corrected chi connectivity index (χ2v) is 8.55. The number of ether oxygens (including phenoxy) is 1. The van der Waals surface area contributed by atoms with E-state index in [0.29, 0.717) is 22.7 Å². The molecular weight excluding hydrogens is 494 g/mol. The summed E-state index contributed by atoms with van der Waals surface area (Å²) in [6, 6.07) is 20.4. The van der Waals surface area contributed by atoms with E-state index in [0.717, 1.165) is 21.1 Å². The molecule has 4 rings (SSSR count). The standard InChI is InChI=1S/C24H19BrClN3O3/c1-15-4-2-3-5-21(15)32-14-22(30)27-28-23-19-12-17(25)8-11-20(19)29(24(23)31)13-16-6-9-18(26)10-7-16/h2-12,31H,13-14H2,1H3. The van der Waals surface area contributed by atoms with Gasteiger partial charge in [-0.2, -0.15) is 0 Å². The highest BCUT2D eigenvalue weighted by Crippen LogP contribution is 2.40. The summed E-state index contributed by atoms with van der Waals surface area (Å²) >= 11 is 9.42. The summed E-state index contributed by atoms with van der Waals surface area (Å²) in [4.78, 5) is 12.2. The monoisotopic (exact) mass is 511 g/mol. The van der Waals surface area contributed by atoms with E-state index >= 15 is 0 Å². The minimum Gasteiger partial charge on any atom is -0.493 e. The van der Waals surface area contributed by atoms with Crippen LogP contribution in [0.15, 0.2) is 81.4 Å². The third-order valence-electron chi connectivity index (χ3n) is 4.93. The first-order valence-electron chi connectivity index (χ1n) is 9.80. The number of hydrogen-bond acceptors (Lipinski definition) is 4. The number of halogens is 2. The lowest BCUT2D eigenvalue weighted by molar-refractivity contribution is -0.120. The molecule has 1 amide bonds. The van der Waals surface area contributed by atoms with Gasteiger partial charge in [0.2, 0.25) is 5.88 Å². The Balaban J connectivity index is 1.61. The van der Waals surface area contributed by atoms with Crippen LogP contribution >= 0.6 is 27.5 Å². The van der Waals surface area contributed by atoms with E-state index in [2.05, 4.69) is 26.2 Å². The molecule has 0 aliphatic rings. The molecule has 1 N–H and O–H groups in total. The van der Waals surface area contributed by atoms with Crippen molar-refractivity contribution in [2.75, 3.05) is 6.61 Å². The van der Waals surface area contributed by atoms with Gasteiger partial charge in [0.05, 0.1) is 12.1 Å². The molecule has 0 aliphatic carbocycles. The zero-order valence-electron chi connectivity index (χ0n) is 17.1. The Morgan fingerprint density at radius 1 is 1.12 bits per heavy atom. The fraction of sp³-hybridized carbons (Fsp3) is 0.125. The molecule has 162 valence electrons. The molecule has 0 unspecified atom stereocenters. The van der Waals surface area contributed by atoms with Crippen molar-refractivity contribution in [2.24, 2.45) is 10.2 Å². The maximum Gasteiger partial charge on any atom is 0.302 e. The third kappa shape index (κ3) is 4.84. The zero-order chi connectivity index (χ0) is 22.7. The number of amides is 1.